The monoisotopic (exact) mass is 238 g/mol. The third kappa shape index (κ3) is 5.30. The van der Waals surface area contributed by atoms with Gasteiger partial charge >= 0.3 is 13.3 Å². The highest BCUT2D eigenvalue weighted by Gasteiger charge is 2.38. The van der Waals surface area contributed by atoms with Crippen molar-refractivity contribution in [2.24, 2.45) is 0 Å². The summed E-state index contributed by atoms with van der Waals surface area (Å²) >= 11 is 0. The molecule has 5 nitrogen and oxygen atoms in total. The Labute approximate surface area is 90.6 Å². The minimum atomic E-state index is -3.80. The fourth-order valence-electron chi connectivity index (χ4n) is 0.869. The summed E-state index contributed by atoms with van der Waals surface area (Å²) in [4.78, 5) is 11.4. The van der Waals surface area contributed by atoms with Gasteiger partial charge in [-0.3, -0.25) is 9.05 Å². The fourth-order valence-corrected chi connectivity index (χ4v) is 2.49. The molecule has 0 aromatic heterocycles. The van der Waals surface area contributed by atoms with Gasteiger partial charge in [-0.15, -0.1) is 0 Å². The predicted molar refractivity (Wildman–Crippen MR) is 57.1 cm³/mol. The van der Waals surface area contributed by atoms with Crippen molar-refractivity contribution in [3.05, 3.63) is 0 Å². The van der Waals surface area contributed by atoms with Crippen LogP contribution in [-0.2, 0) is 18.3 Å². The molecule has 0 aromatic carbocycles. The van der Waals surface area contributed by atoms with E-state index in [1.807, 2.05) is 0 Å². The van der Waals surface area contributed by atoms with E-state index in [-0.39, 0.29) is 18.8 Å². The van der Waals surface area contributed by atoms with Crippen molar-refractivity contribution < 1.29 is 23.1 Å². The highest BCUT2D eigenvalue weighted by molar-refractivity contribution is 7.71. The third-order valence-corrected chi connectivity index (χ3v) is 3.17. The molecule has 0 aliphatic carbocycles. The van der Waals surface area contributed by atoms with Crippen molar-refractivity contribution >= 4 is 13.3 Å². The third-order valence-electron chi connectivity index (χ3n) is 1.19. The van der Waals surface area contributed by atoms with Crippen LogP contribution in [0, 0.1) is 0 Å². The number of hydrogen-bond acceptors (Lipinski definition) is 5. The van der Waals surface area contributed by atoms with Crippen LogP contribution in [0.15, 0.2) is 0 Å². The van der Waals surface area contributed by atoms with Gasteiger partial charge in [-0.05, 0) is 34.6 Å². The second kappa shape index (κ2) is 6.26. The van der Waals surface area contributed by atoms with Crippen LogP contribution in [0.1, 0.15) is 34.6 Å². The quantitative estimate of drug-likeness (QED) is 0.665. The van der Waals surface area contributed by atoms with Crippen molar-refractivity contribution in [1.29, 1.82) is 0 Å². The van der Waals surface area contributed by atoms with E-state index in [0.717, 1.165) is 0 Å². The first-order valence-electron chi connectivity index (χ1n) is 4.96. The summed E-state index contributed by atoms with van der Waals surface area (Å²) in [6.45, 7) is 8.48. The predicted octanol–water partition coefficient (Wildman–Crippen LogP) is 3.19. The molecule has 0 amide bonds. The van der Waals surface area contributed by atoms with Gasteiger partial charge in [0.15, 0.2) is 0 Å². The van der Waals surface area contributed by atoms with Crippen molar-refractivity contribution in [2.75, 3.05) is 6.61 Å². The van der Waals surface area contributed by atoms with Gasteiger partial charge < -0.3 is 4.74 Å². The van der Waals surface area contributed by atoms with E-state index in [0.29, 0.717) is 0 Å². The molecule has 0 N–H and O–H groups in total. The van der Waals surface area contributed by atoms with E-state index < -0.39 is 13.3 Å². The van der Waals surface area contributed by atoms with Crippen molar-refractivity contribution in [3.8, 4) is 0 Å². The number of carbonyl (C=O) groups excluding carboxylic acids is 1. The van der Waals surface area contributed by atoms with Crippen LogP contribution in [0.2, 0.25) is 0 Å². The average molecular weight is 238 g/mol. The van der Waals surface area contributed by atoms with Gasteiger partial charge in [0.05, 0.1) is 18.8 Å². The van der Waals surface area contributed by atoms with Crippen molar-refractivity contribution in [3.63, 3.8) is 0 Å². The summed E-state index contributed by atoms with van der Waals surface area (Å²) in [6.07, 6.45) is -0.724. The van der Waals surface area contributed by atoms with Crippen molar-refractivity contribution in [2.45, 2.75) is 46.8 Å². The van der Waals surface area contributed by atoms with Gasteiger partial charge in [-0.1, -0.05) is 0 Å². The van der Waals surface area contributed by atoms with Crippen LogP contribution < -0.4 is 0 Å². The summed E-state index contributed by atoms with van der Waals surface area (Å²) in [5, 5.41) is 0. The van der Waals surface area contributed by atoms with Crippen LogP contribution in [0.3, 0.4) is 0 Å². The molecular weight excluding hydrogens is 219 g/mol. The average Bonchev–Trinajstić information content (AvgIpc) is 2.01. The first-order valence-corrected chi connectivity index (χ1v) is 6.50. The van der Waals surface area contributed by atoms with Gasteiger partial charge in [-0.25, -0.2) is 9.36 Å². The number of carbonyl (C=O) groups is 1. The molecule has 0 aromatic rings. The molecule has 6 heteroatoms. The lowest BCUT2D eigenvalue weighted by atomic mass is 10.5. The number of ether oxygens (including phenoxy) is 1. The molecule has 0 atom stereocenters. The molecule has 90 valence electrons. The van der Waals surface area contributed by atoms with E-state index in [4.69, 9.17) is 9.05 Å². The molecule has 0 heterocycles. The second-order valence-electron chi connectivity index (χ2n) is 3.50. The molecule has 0 radical (unpaired) electrons. The molecule has 0 saturated heterocycles. The van der Waals surface area contributed by atoms with Crippen LogP contribution >= 0.6 is 7.60 Å². The van der Waals surface area contributed by atoms with Gasteiger partial charge in [0, 0.05) is 0 Å². The minimum absolute atomic E-state index is 0.145. The summed E-state index contributed by atoms with van der Waals surface area (Å²) in [5.41, 5.74) is -0.924. The molecule has 0 rings (SSSR count). The highest BCUT2D eigenvalue weighted by atomic mass is 31.2. The van der Waals surface area contributed by atoms with Crippen LogP contribution in [0.25, 0.3) is 0 Å². The molecular formula is C9H19O5P. The number of hydrogen-bond donors (Lipinski definition) is 0. The minimum Gasteiger partial charge on any atom is -0.457 e. The number of rotatable bonds is 6. The Hall–Kier alpha value is -0.380. The van der Waals surface area contributed by atoms with Crippen LogP contribution in [0.4, 0.5) is 4.79 Å². The van der Waals surface area contributed by atoms with Gasteiger partial charge in [0.25, 0.3) is 0 Å². The molecule has 0 aliphatic heterocycles. The zero-order valence-corrected chi connectivity index (χ0v) is 10.7. The lowest BCUT2D eigenvalue weighted by molar-refractivity contribution is 0.121. The summed E-state index contributed by atoms with van der Waals surface area (Å²) in [7, 11) is -3.80. The molecule has 0 spiro atoms. The topological polar surface area (TPSA) is 61.8 Å². The zero-order chi connectivity index (χ0) is 12.1. The van der Waals surface area contributed by atoms with Gasteiger partial charge in [0.1, 0.15) is 0 Å². The van der Waals surface area contributed by atoms with Gasteiger partial charge in [0.2, 0.25) is 0 Å². The molecule has 0 bridgehead atoms. The van der Waals surface area contributed by atoms with E-state index in [1.165, 1.54) is 0 Å². The molecule has 0 unspecified atom stereocenters. The Bertz CT molecular complexity index is 235. The standard InChI is InChI=1S/C9H19O5P/c1-6-12-9(10)15(11,13-7(2)3)14-8(4)5/h7-8H,6H2,1-5H3. The Morgan fingerprint density at radius 1 is 1.13 bits per heavy atom. The maximum atomic E-state index is 12.0. The first kappa shape index (κ1) is 14.6. The highest BCUT2D eigenvalue weighted by Crippen LogP contribution is 2.52. The first-order chi connectivity index (χ1) is 6.81. The molecule has 0 saturated carbocycles. The smallest absolute Gasteiger partial charge is 0.438 e. The largest absolute Gasteiger partial charge is 0.457 e. The second-order valence-corrected chi connectivity index (χ2v) is 5.29. The molecule has 0 aliphatic rings. The van der Waals surface area contributed by atoms with E-state index >= 15 is 0 Å². The van der Waals surface area contributed by atoms with Gasteiger partial charge in [-0.2, -0.15) is 0 Å². The van der Waals surface area contributed by atoms with Crippen molar-refractivity contribution in [1.82, 2.24) is 0 Å². The van der Waals surface area contributed by atoms with E-state index in [1.54, 1.807) is 34.6 Å². The summed E-state index contributed by atoms with van der Waals surface area (Å²) in [6, 6.07) is 0. The molecule has 15 heavy (non-hydrogen) atoms. The normalized spacial score (nSPS) is 12.2. The Kier molecular flexibility index (Phi) is 6.10. The lowest BCUT2D eigenvalue weighted by Crippen LogP contribution is -2.15. The fraction of sp³-hybridized carbons (Fsp3) is 0.889. The Morgan fingerprint density at radius 2 is 1.53 bits per heavy atom. The maximum Gasteiger partial charge on any atom is 0.438 e. The Morgan fingerprint density at radius 3 is 1.80 bits per heavy atom. The van der Waals surface area contributed by atoms with E-state index in [2.05, 4.69) is 4.74 Å². The zero-order valence-electron chi connectivity index (χ0n) is 9.85. The van der Waals surface area contributed by atoms with Crippen LogP contribution in [-0.4, -0.2) is 24.5 Å². The lowest BCUT2D eigenvalue weighted by Gasteiger charge is -2.20. The van der Waals surface area contributed by atoms with Crippen LogP contribution in [0.5, 0.6) is 0 Å². The maximum absolute atomic E-state index is 12.0. The van der Waals surface area contributed by atoms with E-state index in [9.17, 15) is 9.36 Å². The molecule has 0 fully saturated rings. The summed E-state index contributed by atoms with van der Waals surface area (Å²) < 4.78 is 26.7. The summed E-state index contributed by atoms with van der Waals surface area (Å²) in [5.74, 6) is 0. The SMILES string of the molecule is CCOC(=O)P(=O)(OC(C)C)OC(C)C. The Balaban J connectivity index is 4.69.